The van der Waals surface area contributed by atoms with Gasteiger partial charge in [-0.05, 0) is 0 Å². The lowest BCUT2D eigenvalue weighted by Gasteiger charge is -2.09. The zero-order valence-electron chi connectivity index (χ0n) is 4.00. The standard InChI is InChI=1S/C5H8O2/c6-5-2-1-3-7-4-5/h1-2,5-6H,3-4H2/t5-/m1/s1. The fourth-order valence-electron chi connectivity index (χ4n) is 0.525. The van der Waals surface area contributed by atoms with Gasteiger partial charge in [-0.1, -0.05) is 12.2 Å². The number of rotatable bonds is 0. The second-order valence-corrected chi connectivity index (χ2v) is 1.53. The smallest absolute Gasteiger partial charge is 0.0955 e. The molecule has 1 N–H and O–H groups in total. The van der Waals surface area contributed by atoms with Crippen molar-refractivity contribution in [1.29, 1.82) is 0 Å². The predicted molar refractivity (Wildman–Crippen MR) is 26.0 cm³/mol. The van der Waals surface area contributed by atoms with Crippen LogP contribution in [0.5, 0.6) is 0 Å². The van der Waals surface area contributed by atoms with E-state index in [9.17, 15) is 0 Å². The van der Waals surface area contributed by atoms with Crippen LogP contribution in [0.15, 0.2) is 12.2 Å². The number of ether oxygens (including phenoxy) is 1. The Kier molecular flexibility index (Phi) is 1.44. The summed E-state index contributed by atoms with van der Waals surface area (Å²) in [5, 5.41) is 8.70. The van der Waals surface area contributed by atoms with Crippen LogP contribution in [0.3, 0.4) is 0 Å². The molecule has 1 rings (SSSR count). The van der Waals surface area contributed by atoms with Crippen LogP contribution >= 0.6 is 0 Å². The Labute approximate surface area is 42.4 Å². The van der Waals surface area contributed by atoms with Gasteiger partial charge in [-0.2, -0.15) is 0 Å². The van der Waals surface area contributed by atoms with Crippen molar-refractivity contribution in [2.45, 2.75) is 6.10 Å². The topological polar surface area (TPSA) is 29.5 Å². The average molecular weight is 100 g/mol. The van der Waals surface area contributed by atoms with Gasteiger partial charge in [-0.3, -0.25) is 0 Å². The molecule has 0 amide bonds. The predicted octanol–water partition coefficient (Wildman–Crippen LogP) is -0.0663. The Morgan fingerprint density at radius 2 is 2.57 bits per heavy atom. The largest absolute Gasteiger partial charge is 0.387 e. The Hall–Kier alpha value is -0.340. The fraction of sp³-hybridized carbons (Fsp3) is 0.600. The van der Waals surface area contributed by atoms with Crippen molar-refractivity contribution in [3.05, 3.63) is 12.2 Å². The highest BCUT2D eigenvalue weighted by Crippen LogP contribution is 1.93. The third kappa shape index (κ3) is 1.29. The van der Waals surface area contributed by atoms with Crippen molar-refractivity contribution in [2.24, 2.45) is 0 Å². The van der Waals surface area contributed by atoms with Crippen LogP contribution in [0.25, 0.3) is 0 Å². The molecule has 0 fully saturated rings. The highest BCUT2D eigenvalue weighted by atomic mass is 16.5. The minimum absolute atomic E-state index is 0.367. The second-order valence-electron chi connectivity index (χ2n) is 1.53. The lowest BCUT2D eigenvalue weighted by Crippen LogP contribution is -2.16. The van der Waals surface area contributed by atoms with Crippen LogP contribution in [0.1, 0.15) is 0 Å². The van der Waals surface area contributed by atoms with Gasteiger partial charge in [0.1, 0.15) is 0 Å². The molecule has 0 bridgehead atoms. The van der Waals surface area contributed by atoms with Crippen molar-refractivity contribution >= 4 is 0 Å². The number of hydrogen-bond donors (Lipinski definition) is 1. The van der Waals surface area contributed by atoms with Gasteiger partial charge in [-0.15, -0.1) is 0 Å². The zero-order chi connectivity index (χ0) is 5.11. The normalized spacial score (nSPS) is 30.7. The molecule has 1 aliphatic rings. The maximum atomic E-state index is 8.70. The van der Waals surface area contributed by atoms with Crippen molar-refractivity contribution in [3.63, 3.8) is 0 Å². The summed E-state index contributed by atoms with van der Waals surface area (Å²) < 4.78 is 4.84. The molecule has 1 aliphatic heterocycles. The molecule has 2 nitrogen and oxygen atoms in total. The maximum Gasteiger partial charge on any atom is 0.0955 e. The quantitative estimate of drug-likeness (QED) is 0.432. The van der Waals surface area contributed by atoms with Gasteiger partial charge < -0.3 is 9.84 Å². The molecule has 0 radical (unpaired) electrons. The Balaban J connectivity index is 2.36. The first kappa shape index (κ1) is 4.81. The molecule has 0 aromatic carbocycles. The third-order valence-electron chi connectivity index (χ3n) is 0.861. The van der Waals surface area contributed by atoms with Gasteiger partial charge >= 0.3 is 0 Å². The van der Waals surface area contributed by atoms with Crippen LogP contribution < -0.4 is 0 Å². The number of aliphatic hydroxyl groups excluding tert-OH is 1. The van der Waals surface area contributed by atoms with Gasteiger partial charge in [0.2, 0.25) is 0 Å². The Morgan fingerprint density at radius 1 is 1.71 bits per heavy atom. The Bertz CT molecular complexity index is 78.1. The monoisotopic (exact) mass is 100 g/mol. The van der Waals surface area contributed by atoms with Gasteiger partial charge in [0.15, 0.2) is 0 Å². The molecule has 0 saturated heterocycles. The van der Waals surface area contributed by atoms with Gasteiger partial charge in [-0.25, -0.2) is 0 Å². The molecule has 0 unspecified atom stereocenters. The number of hydrogen-bond acceptors (Lipinski definition) is 2. The summed E-state index contributed by atoms with van der Waals surface area (Å²) in [4.78, 5) is 0. The van der Waals surface area contributed by atoms with E-state index in [4.69, 9.17) is 9.84 Å². The maximum absolute atomic E-state index is 8.70. The van der Waals surface area contributed by atoms with Crippen molar-refractivity contribution in [1.82, 2.24) is 0 Å². The molecule has 0 aliphatic carbocycles. The molecule has 7 heavy (non-hydrogen) atoms. The van der Waals surface area contributed by atoms with E-state index in [1.54, 1.807) is 6.08 Å². The first-order chi connectivity index (χ1) is 3.39. The SMILES string of the molecule is O[C@@H]1C=CCOC1. The lowest BCUT2D eigenvalue weighted by atomic mass is 10.3. The first-order valence-corrected chi connectivity index (χ1v) is 2.32. The van der Waals surface area contributed by atoms with Gasteiger partial charge in [0.05, 0.1) is 19.3 Å². The van der Waals surface area contributed by atoms with Crippen molar-refractivity contribution < 1.29 is 9.84 Å². The lowest BCUT2D eigenvalue weighted by molar-refractivity contribution is 0.0628. The number of aliphatic hydroxyl groups is 1. The van der Waals surface area contributed by atoms with E-state index in [1.165, 1.54) is 0 Å². The molecular formula is C5H8O2. The van der Waals surface area contributed by atoms with E-state index < -0.39 is 0 Å². The summed E-state index contributed by atoms with van der Waals surface area (Å²) in [5.41, 5.74) is 0. The van der Waals surface area contributed by atoms with Gasteiger partial charge in [0, 0.05) is 0 Å². The zero-order valence-corrected chi connectivity index (χ0v) is 4.00. The molecule has 1 heterocycles. The van der Waals surface area contributed by atoms with E-state index in [2.05, 4.69) is 0 Å². The Morgan fingerprint density at radius 3 is 2.86 bits per heavy atom. The summed E-state index contributed by atoms with van der Waals surface area (Å²) >= 11 is 0. The van der Waals surface area contributed by atoms with E-state index in [-0.39, 0.29) is 6.10 Å². The molecule has 2 heteroatoms. The van der Waals surface area contributed by atoms with E-state index in [0.29, 0.717) is 13.2 Å². The van der Waals surface area contributed by atoms with Crippen LogP contribution in [-0.4, -0.2) is 24.4 Å². The van der Waals surface area contributed by atoms with Crippen LogP contribution in [0, 0.1) is 0 Å². The highest BCUT2D eigenvalue weighted by Gasteiger charge is 2.00. The second kappa shape index (κ2) is 2.09. The van der Waals surface area contributed by atoms with Crippen molar-refractivity contribution in [3.8, 4) is 0 Å². The molecule has 40 valence electrons. The fourth-order valence-corrected chi connectivity index (χ4v) is 0.525. The van der Waals surface area contributed by atoms with Crippen molar-refractivity contribution in [2.75, 3.05) is 13.2 Å². The molecule has 0 saturated carbocycles. The molecule has 0 spiro atoms. The van der Waals surface area contributed by atoms with E-state index in [0.717, 1.165) is 0 Å². The molecule has 0 aromatic rings. The van der Waals surface area contributed by atoms with Crippen LogP contribution in [-0.2, 0) is 4.74 Å². The summed E-state index contributed by atoms with van der Waals surface area (Å²) in [6.07, 6.45) is 3.19. The average Bonchev–Trinajstić information content (AvgIpc) is 1.69. The molecule has 0 aromatic heterocycles. The molecular weight excluding hydrogens is 92.1 g/mol. The minimum atomic E-state index is -0.367. The van der Waals surface area contributed by atoms with E-state index >= 15 is 0 Å². The minimum Gasteiger partial charge on any atom is -0.387 e. The highest BCUT2D eigenvalue weighted by molar-refractivity contribution is 4.91. The summed E-state index contributed by atoms with van der Waals surface area (Å²) in [6.45, 7) is 1.10. The van der Waals surface area contributed by atoms with Crippen LogP contribution in [0.4, 0.5) is 0 Å². The van der Waals surface area contributed by atoms with E-state index in [1.807, 2.05) is 6.08 Å². The van der Waals surface area contributed by atoms with Gasteiger partial charge in [0.25, 0.3) is 0 Å². The molecule has 1 atom stereocenters. The summed E-state index contributed by atoms with van der Waals surface area (Å²) in [7, 11) is 0. The summed E-state index contributed by atoms with van der Waals surface area (Å²) in [5.74, 6) is 0. The first-order valence-electron chi connectivity index (χ1n) is 2.32. The summed E-state index contributed by atoms with van der Waals surface area (Å²) in [6, 6.07) is 0. The third-order valence-corrected chi connectivity index (χ3v) is 0.861. The van der Waals surface area contributed by atoms with Crippen LogP contribution in [0.2, 0.25) is 0 Å².